The van der Waals surface area contributed by atoms with Crippen molar-refractivity contribution in [1.29, 1.82) is 0 Å². The quantitative estimate of drug-likeness (QED) is 0.768. The van der Waals surface area contributed by atoms with Gasteiger partial charge in [-0.3, -0.25) is 4.79 Å². The SMILES string of the molecule is CC(C)CCNC(=O)CN(C1CCCCC1)S(=O)(=O)c1ccccc1. The number of carbonyl (C=O) groups excluding carboxylic acids is 1. The van der Waals surface area contributed by atoms with Gasteiger partial charge in [0, 0.05) is 12.6 Å². The number of carbonyl (C=O) groups is 1. The Labute approximate surface area is 151 Å². The predicted octanol–water partition coefficient (Wildman–Crippen LogP) is 3.17. The Morgan fingerprint density at radius 3 is 2.40 bits per heavy atom. The summed E-state index contributed by atoms with van der Waals surface area (Å²) in [6, 6.07) is 8.34. The van der Waals surface area contributed by atoms with E-state index in [1.54, 1.807) is 30.3 Å². The van der Waals surface area contributed by atoms with Crippen molar-refractivity contribution in [1.82, 2.24) is 9.62 Å². The molecule has 140 valence electrons. The van der Waals surface area contributed by atoms with Crippen LogP contribution in [0.25, 0.3) is 0 Å². The second-order valence-corrected chi connectivity index (χ2v) is 9.08. The molecule has 0 aliphatic heterocycles. The Bertz CT molecular complexity index is 638. The lowest BCUT2D eigenvalue weighted by Crippen LogP contribution is -2.47. The van der Waals surface area contributed by atoms with E-state index < -0.39 is 10.0 Å². The first-order valence-corrected chi connectivity index (χ1v) is 10.7. The van der Waals surface area contributed by atoms with Crippen molar-refractivity contribution in [3.63, 3.8) is 0 Å². The summed E-state index contributed by atoms with van der Waals surface area (Å²) in [5.41, 5.74) is 0. The van der Waals surface area contributed by atoms with Crippen LogP contribution in [-0.4, -0.2) is 37.8 Å². The van der Waals surface area contributed by atoms with Gasteiger partial charge in [0.15, 0.2) is 0 Å². The van der Waals surface area contributed by atoms with E-state index in [-0.39, 0.29) is 23.4 Å². The molecule has 1 fully saturated rings. The summed E-state index contributed by atoms with van der Waals surface area (Å²) >= 11 is 0. The molecule has 0 heterocycles. The molecule has 0 aromatic heterocycles. The molecule has 1 N–H and O–H groups in total. The summed E-state index contributed by atoms with van der Waals surface area (Å²) in [5, 5.41) is 2.86. The largest absolute Gasteiger partial charge is 0.355 e. The van der Waals surface area contributed by atoms with E-state index in [1.807, 2.05) is 0 Å². The van der Waals surface area contributed by atoms with E-state index in [0.29, 0.717) is 12.5 Å². The number of hydrogen-bond acceptors (Lipinski definition) is 3. The highest BCUT2D eigenvalue weighted by Crippen LogP contribution is 2.27. The van der Waals surface area contributed by atoms with Crippen molar-refractivity contribution < 1.29 is 13.2 Å². The third-order valence-corrected chi connectivity index (χ3v) is 6.59. The number of benzene rings is 1. The van der Waals surface area contributed by atoms with Crippen molar-refractivity contribution in [3.8, 4) is 0 Å². The molecular formula is C19H30N2O3S. The highest BCUT2D eigenvalue weighted by Gasteiger charge is 2.33. The Morgan fingerprint density at radius 1 is 1.16 bits per heavy atom. The summed E-state index contributed by atoms with van der Waals surface area (Å²) in [5.74, 6) is 0.286. The summed E-state index contributed by atoms with van der Waals surface area (Å²) in [6.07, 6.45) is 5.70. The molecule has 1 aromatic rings. The molecule has 25 heavy (non-hydrogen) atoms. The van der Waals surface area contributed by atoms with Crippen molar-refractivity contribution in [2.75, 3.05) is 13.1 Å². The Kier molecular flexibility index (Phi) is 7.44. The highest BCUT2D eigenvalue weighted by atomic mass is 32.2. The molecule has 0 radical (unpaired) electrons. The van der Waals surface area contributed by atoms with Crippen LogP contribution in [0.4, 0.5) is 0 Å². The van der Waals surface area contributed by atoms with E-state index in [1.165, 1.54) is 4.31 Å². The van der Waals surface area contributed by atoms with Gasteiger partial charge < -0.3 is 5.32 Å². The van der Waals surface area contributed by atoms with Gasteiger partial charge in [-0.25, -0.2) is 8.42 Å². The minimum absolute atomic E-state index is 0.0881. The van der Waals surface area contributed by atoms with Gasteiger partial charge in [-0.2, -0.15) is 4.31 Å². The van der Waals surface area contributed by atoms with Gasteiger partial charge in [-0.15, -0.1) is 0 Å². The molecule has 0 unspecified atom stereocenters. The third-order valence-electron chi connectivity index (χ3n) is 4.68. The van der Waals surface area contributed by atoms with Gasteiger partial charge in [-0.1, -0.05) is 51.3 Å². The third kappa shape index (κ3) is 5.82. The first-order chi connectivity index (χ1) is 11.9. The molecule has 0 saturated heterocycles. The van der Waals surface area contributed by atoms with E-state index in [2.05, 4.69) is 19.2 Å². The zero-order valence-corrected chi connectivity index (χ0v) is 16.1. The number of amides is 1. The second-order valence-electron chi connectivity index (χ2n) is 7.19. The first-order valence-electron chi connectivity index (χ1n) is 9.25. The molecule has 0 atom stereocenters. The van der Waals surface area contributed by atoms with Gasteiger partial charge >= 0.3 is 0 Å². The smallest absolute Gasteiger partial charge is 0.243 e. The maximum Gasteiger partial charge on any atom is 0.243 e. The van der Waals surface area contributed by atoms with Gasteiger partial charge in [0.2, 0.25) is 15.9 Å². The lowest BCUT2D eigenvalue weighted by atomic mass is 9.95. The standard InChI is InChI=1S/C19H30N2O3S/c1-16(2)13-14-20-19(22)15-21(17-9-5-3-6-10-17)25(23,24)18-11-7-4-8-12-18/h4,7-8,11-12,16-17H,3,5-6,9-10,13-15H2,1-2H3,(H,20,22). The number of nitrogens with one attached hydrogen (secondary N) is 1. The number of nitrogens with zero attached hydrogens (tertiary/aromatic N) is 1. The minimum atomic E-state index is -3.66. The first kappa shape index (κ1) is 19.9. The molecular weight excluding hydrogens is 336 g/mol. The Balaban J connectivity index is 2.14. The predicted molar refractivity (Wildman–Crippen MR) is 99.7 cm³/mol. The number of rotatable bonds is 8. The fourth-order valence-electron chi connectivity index (χ4n) is 3.20. The fourth-order valence-corrected chi connectivity index (χ4v) is 4.87. The zero-order valence-electron chi connectivity index (χ0n) is 15.3. The molecule has 2 rings (SSSR count). The monoisotopic (exact) mass is 366 g/mol. The van der Waals surface area contributed by atoms with Crippen LogP contribution in [0.5, 0.6) is 0 Å². The number of hydrogen-bond donors (Lipinski definition) is 1. The average molecular weight is 367 g/mol. The van der Waals surface area contributed by atoms with Crippen molar-refractivity contribution in [2.45, 2.75) is 63.3 Å². The second kappa shape index (κ2) is 9.34. The maximum atomic E-state index is 13.1. The minimum Gasteiger partial charge on any atom is -0.355 e. The fraction of sp³-hybridized carbons (Fsp3) is 0.632. The van der Waals surface area contributed by atoms with E-state index in [0.717, 1.165) is 38.5 Å². The summed E-state index contributed by atoms with van der Waals surface area (Å²) in [7, 11) is -3.66. The zero-order chi connectivity index (χ0) is 18.3. The average Bonchev–Trinajstić information content (AvgIpc) is 2.61. The molecule has 1 aliphatic carbocycles. The van der Waals surface area contributed by atoms with Gasteiger partial charge in [0.05, 0.1) is 11.4 Å². The van der Waals surface area contributed by atoms with Crippen molar-refractivity contribution in [2.24, 2.45) is 5.92 Å². The molecule has 0 spiro atoms. The van der Waals surface area contributed by atoms with Crippen LogP contribution in [-0.2, 0) is 14.8 Å². The molecule has 1 amide bonds. The Morgan fingerprint density at radius 2 is 1.80 bits per heavy atom. The lowest BCUT2D eigenvalue weighted by Gasteiger charge is -2.33. The van der Waals surface area contributed by atoms with Crippen LogP contribution in [0.3, 0.4) is 0 Å². The van der Waals surface area contributed by atoms with Crippen molar-refractivity contribution >= 4 is 15.9 Å². The van der Waals surface area contributed by atoms with Crippen LogP contribution in [0, 0.1) is 5.92 Å². The molecule has 1 saturated carbocycles. The van der Waals surface area contributed by atoms with Crippen LogP contribution < -0.4 is 5.32 Å². The van der Waals surface area contributed by atoms with Gasteiger partial charge in [0.1, 0.15) is 0 Å². The number of sulfonamides is 1. The molecule has 1 aliphatic rings. The van der Waals surface area contributed by atoms with Gasteiger partial charge in [0.25, 0.3) is 0 Å². The molecule has 0 bridgehead atoms. The van der Waals surface area contributed by atoms with Crippen LogP contribution in [0.15, 0.2) is 35.2 Å². The summed E-state index contributed by atoms with van der Waals surface area (Å²) in [4.78, 5) is 12.6. The highest BCUT2D eigenvalue weighted by molar-refractivity contribution is 7.89. The summed E-state index contributed by atoms with van der Waals surface area (Å²) in [6.45, 7) is 4.68. The Hall–Kier alpha value is -1.40. The maximum absolute atomic E-state index is 13.1. The normalized spacial score (nSPS) is 16.3. The van der Waals surface area contributed by atoms with Gasteiger partial charge in [-0.05, 0) is 37.3 Å². The van der Waals surface area contributed by atoms with E-state index in [4.69, 9.17) is 0 Å². The van der Waals surface area contributed by atoms with E-state index >= 15 is 0 Å². The van der Waals surface area contributed by atoms with Crippen LogP contribution >= 0.6 is 0 Å². The molecule has 1 aromatic carbocycles. The molecule has 5 nitrogen and oxygen atoms in total. The topological polar surface area (TPSA) is 66.5 Å². The van der Waals surface area contributed by atoms with E-state index in [9.17, 15) is 13.2 Å². The van der Waals surface area contributed by atoms with Crippen LogP contribution in [0.1, 0.15) is 52.4 Å². The summed E-state index contributed by atoms with van der Waals surface area (Å²) < 4.78 is 27.6. The molecule has 6 heteroatoms. The lowest BCUT2D eigenvalue weighted by molar-refractivity contribution is -0.121. The van der Waals surface area contributed by atoms with Crippen LogP contribution in [0.2, 0.25) is 0 Å². The van der Waals surface area contributed by atoms with Crippen molar-refractivity contribution in [3.05, 3.63) is 30.3 Å².